The predicted molar refractivity (Wildman–Crippen MR) is 92.0 cm³/mol. The van der Waals surface area contributed by atoms with Crippen LogP contribution in [0.5, 0.6) is 0 Å². The predicted octanol–water partition coefficient (Wildman–Crippen LogP) is -4.11. The normalized spacial score (nSPS) is 12.4. The first-order valence-electron chi connectivity index (χ1n) is 7.55. The molecule has 0 bridgehead atoms. The molecular formula is C16H18K2NO6PS. The third kappa shape index (κ3) is 10.4. The van der Waals surface area contributed by atoms with Gasteiger partial charge in [0, 0.05) is 11.4 Å². The monoisotopic (exact) mass is 461 g/mol. The summed E-state index contributed by atoms with van der Waals surface area (Å²) in [6.07, 6.45) is 0.0590. The quantitative estimate of drug-likeness (QED) is 0.232. The second-order valence-electron chi connectivity index (χ2n) is 5.59. The van der Waals surface area contributed by atoms with E-state index >= 15 is 0 Å². The van der Waals surface area contributed by atoms with Crippen LogP contribution < -0.4 is 118 Å². The number of rotatable bonds is 8. The van der Waals surface area contributed by atoms with Crippen LogP contribution in [-0.4, -0.2) is 18.0 Å². The van der Waals surface area contributed by atoms with Crippen molar-refractivity contribution in [3.63, 3.8) is 0 Å². The number of hydrogen-bond acceptors (Lipinski definition) is 6. The third-order valence-electron chi connectivity index (χ3n) is 3.60. The zero-order valence-electron chi connectivity index (χ0n) is 15.2. The summed E-state index contributed by atoms with van der Waals surface area (Å²) in [5.41, 5.74) is 2.58. The molecule has 136 valence electrons. The Bertz CT molecular complexity index is 860. The molecule has 0 saturated heterocycles. The molecule has 27 heavy (non-hydrogen) atoms. The Morgan fingerprint density at radius 3 is 2.15 bits per heavy atom. The maximum absolute atomic E-state index is 11.1. The fourth-order valence-corrected chi connectivity index (χ4v) is 4.71. The van der Waals surface area contributed by atoms with E-state index in [-0.39, 0.29) is 109 Å². The van der Waals surface area contributed by atoms with Crippen LogP contribution in [0, 0.1) is 0 Å². The van der Waals surface area contributed by atoms with Crippen LogP contribution in [0.2, 0.25) is 0 Å². The Morgan fingerprint density at radius 1 is 1.00 bits per heavy atom. The van der Waals surface area contributed by atoms with Gasteiger partial charge in [-0.2, -0.15) is 8.42 Å². The van der Waals surface area contributed by atoms with Crippen LogP contribution in [0.4, 0.5) is 11.4 Å². The molecule has 0 aliphatic heterocycles. The Balaban J connectivity index is 0.00000338. The van der Waals surface area contributed by atoms with Gasteiger partial charge in [0.25, 0.3) is 10.1 Å². The van der Waals surface area contributed by atoms with Crippen molar-refractivity contribution < 1.29 is 130 Å². The van der Waals surface area contributed by atoms with Crippen LogP contribution in [0.15, 0.2) is 54.6 Å². The van der Waals surface area contributed by atoms with Gasteiger partial charge in [-0.15, -0.1) is 0 Å². The molecule has 7 nitrogen and oxygen atoms in total. The van der Waals surface area contributed by atoms with Gasteiger partial charge in [0.15, 0.2) is 0 Å². The Labute approximate surface area is 244 Å². The van der Waals surface area contributed by atoms with E-state index in [0.717, 1.165) is 16.9 Å². The summed E-state index contributed by atoms with van der Waals surface area (Å²) in [4.78, 5) is 19.7. The number of benzene rings is 2. The number of aryl methyl sites for hydroxylation is 1. The van der Waals surface area contributed by atoms with E-state index in [1.165, 1.54) is 0 Å². The molecule has 0 heterocycles. The summed E-state index contributed by atoms with van der Waals surface area (Å²) in [5, 5.41) is 3.21. The summed E-state index contributed by atoms with van der Waals surface area (Å²) >= 11 is 0. The maximum atomic E-state index is 11.1. The number of nitrogens with one attached hydrogen (secondary N) is 1. The van der Waals surface area contributed by atoms with E-state index in [4.69, 9.17) is 4.55 Å². The zero-order chi connectivity index (χ0) is 18.5. The number of hydrogen-bond donors (Lipinski definition) is 2. The number of para-hydroxylation sites is 1. The zero-order valence-corrected chi connectivity index (χ0v) is 23.2. The molecule has 2 rings (SSSR count). The second-order valence-corrected chi connectivity index (χ2v) is 9.24. The minimum atomic E-state index is -5.42. The molecule has 2 N–H and O–H groups in total. The van der Waals surface area contributed by atoms with Crippen molar-refractivity contribution in [2.45, 2.75) is 24.3 Å². The molecular weight excluding hydrogens is 443 g/mol. The largest absolute Gasteiger partial charge is 1.00 e. The second kappa shape index (κ2) is 13.1. The molecule has 11 heteroatoms. The van der Waals surface area contributed by atoms with Crippen molar-refractivity contribution in [3.8, 4) is 0 Å². The van der Waals surface area contributed by atoms with Gasteiger partial charge < -0.3 is 19.7 Å². The molecule has 1 unspecified atom stereocenters. The molecule has 0 aliphatic carbocycles. The summed E-state index contributed by atoms with van der Waals surface area (Å²) in [7, 11) is -10.4. The average Bonchev–Trinajstić information content (AvgIpc) is 2.50. The Hall–Kier alpha value is 1.57. The molecule has 0 aromatic heterocycles. The van der Waals surface area contributed by atoms with Gasteiger partial charge in [-0.25, -0.2) is 0 Å². The first kappa shape index (κ1) is 28.6. The first-order valence-corrected chi connectivity index (χ1v) is 10.7. The molecule has 0 amide bonds. The minimum absolute atomic E-state index is 0. The van der Waals surface area contributed by atoms with Crippen molar-refractivity contribution in [1.29, 1.82) is 0 Å². The molecule has 0 saturated carbocycles. The summed E-state index contributed by atoms with van der Waals surface area (Å²) in [6.45, 7) is 0. The van der Waals surface area contributed by atoms with E-state index in [1.807, 2.05) is 54.6 Å². The number of anilines is 2. The smallest absolute Gasteiger partial charge is 0.810 e. The maximum Gasteiger partial charge on any atom is 1.00 e. The van der Waals surface area contributed by atoms with Gasteiger partial charge in [0.05, 0.1) is 0 Å². The van der Waals surface area contributed by atoms with Gasteiger partial charge >= 0.3 is 103 Å². The van der Waals surface area contributed by atoms with Crippen LogP contribution in [-0.2, 0) is 21.1 Å². The molecule has 0 spiro atoms. The molecule has 1 atom stereocenters. The molecule has 2 aromatic carbocycles. The SMILES string of the molecule is O=P([O-])([O-])C(CCCc1cccc(Nc2ccccc2)c1)S(=O)(=O)O.[K+].[K+]. The minimum Gasteiger partial charge on any atom is -0.810 e. The fourth-order valence-electron chi connectivity index (χ4n) is 2.44. The van der Waals surface area contributed by atoms with E-state index in [1.54, 1.807) is 0 Å². The van der Waals surface area contributed by atoms with Gasteiger partial charge in [-0.3, -0.25) is 4.55 Å². The summed E-state index contributed by atoms with van der Waals surface area (Å²) in [6, 6.07) is 16.8. The van der Waals surface area contributed by atoms with Crippen LogP contribution in [0.3, 0.4) is 0 Å². The van der Waals surface area contributed by atoms with Crippen molar-refractivity contribution in [2.24, 2.45) is 0 Å². The fraction of sp³-hybridized carbons (Fsp3) is 0.250. The standard InChI is InChI=1S/C16H20NO6PS.2K/c18-24(19,20)16(25(21,22)23)11-5-7-13-6-4-10-15(12-13)17-14-8-2-1-3-9-14;;/h1-4,6,8-10,12,16-17H,5,7,11H2,(H2,18,19,20)(H,21,22,23);;/q;2*+1/p-2. The van der Waals surface area contributed by atoms with Crippen molar-refractivity contribution in [2.75, 3.05) is 5.32 Å². The van der Waals surface area contributed by atoms with Gasteiger partial charge in [0.1, 0.15) is 4.99 Å². The molecule has 2 aromatic rings. The van der Waals surface area contributed by atoms with Crippen LogP contribution >= 0.6 is 7.60 Å². The van der Waals surface area contributed by atoms with Crippen LogP contribution in [0.25, 0.3) is 0 Å². The van der Waals surface area contributed by atoms with Gasteiger partial charge in [-0.1, -0.05) is 30.3 Å². The van der Waals surface area contributed by atoms with E-state index in [2.05, 4.69) is 5.32 Å². The van der Waals surface area contributed by atoms with E-state index in [0.29, 0.717) is 6.42 Å². The Morgan fingerprint density at radius 2 is 1.59 bits per heavy atom. The van der Waals surface area contributed by atoms with Crippen molar-refractivity contribution >= 4 is 29.1 Å². The average molecular weight is 462 g/mol. The first-order chi connectivity index (χ1) is 11.7. The van der Waals surface area contributed by atoms with E-state index < -0.39 is 29.1 Å². The summed E-state index contributed by atoms with van der Waals surface area (Å²) in [5.74, 6) is 0. The van der Waals surface area contributed by atoms with Gasteiger partial charge in [0.2, 0.25) is 0 Å². The van der Waals surface area contributed by atoms with Crippen molar-refractivity contribution in [3.05, 3.63) is 60.2 Å². The Kier molecular flexibility index (Phi) is 13.8. The van der Waals surface area contributed by atoms with E-state index in [9.17, 15) is 22.8 Å². The molecule has 0 aliphatic rings. The topological polar surface area (TPSA) is 130 Å². The van der Waals surface area contributed by atoms with Crippen molar-refractivity contribution in [1.82, 2.24) is 0 Å². The third-order valence-corrected chi connectivity index (χ3v) is 7.06. The van der Waals surface area contributed by atoms with Crippen LogP contribution in [0.1, 0.15) is 18.4 Å². The molecule has 0 fully saturated rings. The summed E-state index contributed by atoms with van der Waals surface area (Å²) < 4.78 is 42.0. The molecule has 0 radical (unpaired) electrons. The van der Waals surface area contributed by atoms with Gasteiger partial charge in [-0.05, 0) is 56.7 Å².